The van der Waals surface area contributed by atoms with E-state index in [1.807, 2.05) is 17.2 Å². The van der Waals surface area contributed by atoms with Crippen molar-refractivity contribution in [2.24, 2.45) is 0 Å². The Hall–Kier alpha value is -2.25. The van der Waals surface area contributed by atoms with Crippen LogP contribution in [-0.4, -0.2) is 40.9 Å². The number of nitrogens with one attached hydrogen (secondary N) is 2. The fourth-order valence-electron chi connectivity index (χ4n) is 2.63. The predicted molar refractivity (Wildman–Crippen MR) is 85.6 cm³/mol. The number of benzene rings is 1. The van der Waals surface area contributed by atoms with Crippen LogP contribution < -0.4 is 10.9 Å². The molecule has 1 aliphatic heterocycles. The number of aromatic amines is 1. The van der Waals surface area contributed by atoms with Crippen molar-refractivity contribution in [2.45, 2.75) is 25.8 Å². The first-order chi connectivity index (χ1) is 11.2. The molecule has 2 heterocycles. The van der Waals surface area contributed by atoms with Gasteiger partial charge in [0.15, 0.2) is 0 Å². The Morgan fingerprint density at radius 1 is 1.30 bits per heavy atom. The van der Waals surface area contributed by atoms with Gasteiger partial charge in [0.2, 0.25) is 5.91 Å². The summed E-state index contributed by atoms with van der Waals surface area (Å²) in [7, 11) is 0. The van der Waals surface area contributed by atoms with Crippen LogP contribution in [0.4, 0.5) is 0 Å². The molecule has 1 aliphatic rings. The molecule has 7 nitrogen and oxygen atoms in total. The van der Waals surface area contributed by atoms with Crippen LogP contribution >= 0.6 is 0 Å². The van der Waals surface area contributed by atoms with Crippen LogP contribution in [0.2, 0.25) is 0 Å². The molecule has 0 spiro atoms. The molecule has 1 aromatic heterocycles. The summed E-state index contributed by atoms with van der Waals surface area (Å²) in [5.41, 5.74) is 0.431. The van der Waals surface area contributed by atoms with Crippen molar-refractivity contribution in [1.82, 2.24) is 20.6 Å². The molecule has 1 fully saturated rings. The number of fused-ring (bicyclic) bond motifs is 1. The average Bonchev–Trinajstić information content (AvgIpc) is 2.60. The zero-order valence-electron chi connectivity index (χ0n) is 12.9. The van der Waals surface area contributed by atoms with Crippen LogP contribution in [0.5, 0.6) is 0 Å². The lowest BCUT2D eigenvalue weighted by Crippen LogP contribution is -2.34. The van der Waals surface area contributed by atoms with E-state index >= 15 is 0 Å². The number of rotatable bonds is 5. The van der Waals surface area contributed by atoms with Crippen molar-refractivity contribution in [3.8, 4) is 0 Å². The molecule has 2 aromatic rings. The number of hydrogen-bond acceptors (Lipinski definition) is 5. The summed E-state index contributed by atoms with van der Waals surface area (Å²) in [4.78, 5) is 29.2. The van der Waals surface area contributed by atoms with Gasteiger partial charge in [-0.3, -0.25) is 14.4 Å². The lowest BCUT2D eigenvalue weighted by atomic mass is 10.1. The van der Waals surface area contributed by atoms with Crippen molar-refractivity contribution in [2.75, 3.05) is 19.7 Å². The largest absolute Gasteiger partial charge is 0.350 e. The van der Waals surface area contributed by atoms with Crippen LogP contribution in [-0.2, 0) is 16.2 Å². The molecule has 0 saturated carbocycles. The van der Waals surface area contributed by atoms with Crippen molar-refractivity contribution in [3.05, 3.63) is 40.3 Å². The van der Waals surface area contributed by atoms with Crippen LogP contribution in [0.3, 0.4) is 0 Å². The van der Waals surface area contributed by atoms with Crippen molar-refractivity contribution >= 4 is 16.7 Å². The summed E-state index contributed by atoms with van der Waals surface area (Å²) < 4.78 is 0. The Balaban J connectivity index is 1.57. The van der Waals surface area contributed by atoms with E-state index in [2.05, 4.69) is 15.5 Å². The number of hydrogen-bond donors (Lipinski definition) is 2. The molecular weight excluding hydrogens is 296 g/mol. The number of carbonyl (C=O) groups excluding carboxylic acids is 1. The molecule has 2 N–H and O–H groups in total. The van der Waals surface area contributed by atoms with Crippen LogP contribution in [0.15, 0.2) is 29.1 Å². The summed E-state index contributed by atoms with van der Waals surface area (Å²) in [6.45, 7) is 2.48. The number of carbonyl (C=O) groups is 1. The van der Waals surface area contributed by atoms with Gasteiger partial charge in [-0.25, -0.2) is 5.10 Å². The summed E-state index contributed by atoms with van der Waals surface area (Å²) in [6.07, 6.45) is 2.56. The van der Waals surface area contributed by atoms with E-state index in [0.29, 0.717) is 24.0 Å². The highest BCUT2D eigenvalue weighted by atomic mass is 16.7. The highest BCUT2D eigenvalue weighted by Gasteiger charge is 2.13. The molecule has 0 aliphatic carbocycles. The Kier molecular flexibility index (Phi) is 4.99. The summed E-state index contributed by atoms with van der Waals surface area (Å²) >= 11 is 0. The third-order valence-electron chi connectivity index (χ3n) is 3.89. The number of amides is 1. The Labute approximate surface area is 133 Å². The van der Waals surface area contributed by atoms with E-state index in [-0.39, 0.29) is 18.0 Å². The Bertz CT molecular complexity index is 737. The van der Waals surface area contributed by atoms with E-state index in [1.54, 1.807) is 12.1 Å². The van der Waals surface area contributed by atoms with E-state index in [1.165, 1.54) is 0 Å². The second kappa shape index (κ2) is 7.34. The second-order valence-corrected chi connectivity index (χ2v) is 5.54. The number of nitrogens with zero attached hydrogens (tertiary/aromatic N) is 2. The molecule has 1 amide bonds. The third kappa shape index (κ3) is 3.94. The SMILES string of the molecule is O=C(CCN1CCCCO1)NCc1n[nH]c(=O)c2ccccc12. The molecule has 0 bridgehead atoms. The molecule has 0 atom stereocenters. The third-order valence-corrected chi connectivity index (χ3v) is 3.89. The second-order valence-electron chi connectivity index (χ2n) is 5.54. The fourth-order valence-corrected chi connectivity index (χ4v) is 2.63. The van der Waals surface area contributed by atoms with Gasteiger partial charge in [0.25, 0.3) is 5.56 Å². The lowest BCUT2D eigenvalue weighted by molar-refractivity contribution is -0.181. The van der Waals surface area contributed by atoms with E-state index in [0.717, 1.165) is 31.4 Å². The summed E-state index contributed by atoms with van der Waals surface area (Å²) in [5, 5.41) is 12.5. The van der Waals surface area contributed by atoms with E-state index in [9.17, 15) is 9.59 Å². The topological polar surface area (TPSA) is 87.3 Å². The van der Waals surface area contributed by atoms with Gasteiger partial charge in [0, 0.05) is 24.9 Å². The highest BCUT2D eigenvalue weighted by Crippen LogP contribution is 2.12. The maximum atomic E-state index is 12.0. The molecule has 3 rings (SSSR count). The monoisotopic (exact) mass is 316 g/mol. The minimum absolute atomic E-state index is 0.0590. The molecule has 1 saturated heterocycles. The standard InChI is InChI=1S/C16H20N4O3/c21-15(7-9-20-8-3-4-10-23-20)17-11-14-12-5-1-2-6-13(12)16(22)19-18-14/h1-2,5-6H,3-4,7-11H2,(H,17,21)(H,19,22). The maximum Gasteiger partial charge on any atom is 0.272 e. The molecular formula is C16H20N4O3. The van der Waals surface area contributed by atoms with Gasteiger partial charge in [-0.15, -0.1) is 0 Å². The molecule has 122 valence electrons. The molecule has 0 radical (unpaired) electrons. The minimum atomic E-state index is -0.224. The minimum Gasteiger partial charge on any atom is -0.350 e. The molecule has 23 heavy (non-hydrogen) atoms. The number of aromatic nitrogens is 2. The fraction of sp³-hybridized carbons (Fsp3) is 0.438. The van der Waals surface area contributed by atoms with Crippen LogP contribution in [0.1, 0.15) is 25.0 Å². The van der Waals surface area contributed by atoms with Gasteiger partial charge in [0.1, 0.15) is 0 Å². The van der Waals surface area contributed by atoms with Gasteiger partial charge < -0.3 is 5.32 Å². The van der Waals surface area contributed by atoms with Crippen LogP contribution in [0.25, 0.3) is 10.8 Å². The predicted octanol–water partition coefficient (Wildman–Crippen LogP) is 0.957. The number of H-pyrrole nitrogens is 1. The van der Waals surface area contributed by atoms with Gasteiger partial charge in [-0.05, 0) is 18.9 Å². The van der Waals surface area contributed by atoms with Crippen molar-refractivity contribution < 1.29 is 9.63 Å². The lowest BCUT2D eigenvalue weighted by Gasteiger charge is -2.25. The van der Waals surface area contributed by atoms with E-state index < -0.39 is 0 Å². The zero-order valence-corrected chi connectivity index (χ0v) is 12.9. The quantitative estimate of drug-likeness (QED) is 0.858. The first-order valence-electron chi connectivity index (χ1n) is 7.85. The normalized spacial score (nSPS) is 15.7. The van der Waals surface area contributed by atoms with Crippen molar-refractivity contribution in [1.29, 1.82) is 0 Å². The van der Waals surface area contributed by atoms with Gasteiger partial charge in [-0.2, -0.15) is 10.2 Å². The average molecular weight is 316 g/mol. The Morgan fingerprint density at radius 3 is 2.91 bits per heavy atom. The number of hydroxylamine groups is 2. The molecule has 1 aromatic carbocycles. The Morgan fingerprint density at radius 2 is 2.13 bits per heavy atom. The summed E-state index contributed by atoms with van der Waals surface area (Å²) in [6, 6.07) is 7.23. The summed E-state index contributed by atoms with van der Waals surface area (Å²) in [5.74, 6) is -0.0590. The smallest absolute Gasteiger partial charge is 0.272 e. The molecule has 7 heteroatoms. The van der Waals surface area contributed by atoms with E-state index in [4.69, 9.17) is 4.84 Å². The van der Waals surface area contributed by atoms with Gasteiger partial charge >= 0.3 is 0 Å². The maximum absolute atomic E-state index is 12.0. The van der Waals surface area contributed by atoms with Gasteiger partial charge in [-0.1, -0.05) is 18.2 Å². The van der Waals surface area contributed by atoms with Gasteiger partial charge in [0.05, 0.1) is 24.2 Å². The zero-order chi connectivity index (χ0) is 16.1. The highest BCUT2D eigenvalue weighted by molar-refractivity contribution is 5.84. The van der Waals surface area contributed by atoms with Crippen LogP contribution in [0, 0.1) is 0 Å². The molecule has 0 unspecified atom stereocenters. The first kappa shape index (κ1) is 15.6. The first-order valence-corrected chi connectivity index (χ1v) is 7.85. The van der Waals surface area contributed by atoms with Crippen molar-refractivity contribution in [3.63, 3.8) is 0 Å².